The smallest absolute Gasteiger partial charge is 0.326 e. The first kappa shape index (κ1) is 35.1. The largest absolute Gasteiger partial charge is 0.508 e. The number of carbonyl (C=O) groups excluding carboxylic acids is 3. The zero-order chi connectivity index (χ0) is 30.9. The fourth-order valence-electron chi connectivity index (χ4n) is 3.98. The number of phenolic OH excluding ortho intramolecular Hbond substituents is 1. The number of aliphatic carboxylic acids is 1. The van der Waals surface area contributed by atoms with Crippen LogP contribution in [0, 0.1) is 5.92 Å². The van der Waals surface area contributed by atoms with Crippen LogP contribution in [0.1, 0.15) is 57.9 Å². The first-order chi connectivity index (χ1) is 19.4. The maximum Gasteiger partial charge on any atom is 0.326 e. The molecule has 3 amide bonds. The van der Waals surface area contributed by atoms with E-state index in [0.29, 0.717) is 44.2 Å². The molecular weight excluding hydrogens is 532 g/mol. The summed E-state index contributed by atoms with van der Waals surface area (Å²) in [6, 6.07) is 1.71. The Balaban J connectivity index is 3.05. The highest BCUT2D eigenvalue weighted by atomic mass is 16.4. The van der Waals surface area contributed by atoms with Crippen molar-refractivity contribution < 1.29 is 29.4 Å². The summed E-state index contributed by atoms with van der Waals surface area (Å²) in [7, 11) is 0. The van der Waals surface area contributed by atoms with E-state index >= 15 is 0 Å². The first-order valence-corrected chi connectivity index (χ1v) is 13.8. The van der Waals surface area contributed by atoms with Crippen molar-refractivity contribution in [1.29, 1.82) is 0 Å². The molecule has 0 radical (unpaired) electrons. The predicted octanol–water partition coefficient (Wildman–Crippen LogP) is -0.970. The van der Waals surface area contributed by atoms with Gasteiger partial charge in [-0.25, -0.2) is 4.79 Å². The molecule has 14 heteroatoms. The molecule has 1 rings (SSSR count). The number of carbonyl (C=O) groups is 4. The average Bonchev–Trinajstić information content (AvgIpc) is 2.93. The van der Waals surface area contributed by atoms with Crippen LogP contribution in [0.4, 0.5) is 0 Å². The minimum absolute atomic E-state index is 0.0284. The number of phenols is 1. The van der Waals surface area contributed by atoms with E-state index in [1.54, 1.807) is 19.1 Å². The SMILES string of the molecule is CCC(C)C(NC(=O)C(CCCN=C(N)N)NC(=O)C(N)CCCCN)C(=O)NC(Cc1ccc(O)cc1)C(=O)O. The van der Waals surface area contributed by atoms with Crippen LogP contribution in [-0.4, -0.2) is 77.1 Å². The lowest BCUT2D eigenvalue weighted by molar-refractivity contribution is -0.142. The van der Waals surface area contributed by atoms with Gasteiger partial charge in [0.2, 0.25) is 17.7 Å². The van der Waals surface area contributed by atoms with Gasteiger partial charge in [-0.05, 0) is 55.8 Å². The van der Waals surface area contributed by atoms with Crippen molar-refractivity contribution in [2.75, 3.05) is 13.1 Å². The van der Waals surface area contributed by atoms with Gasteiger partial charge in [-0.3, -0.25) is 19.4 Å². The molecule has 13 N–H and O–H groups in total. The van der Waals surface area contributed by atoms with Crippen molar-refractivity contribution in [3.8, 4) is 5.75 Å². The average molecular weight is 579 g/mol. The molecule has 1 aromatic carbocycles. The number of rotatable bonds is 19. The van der Waals surface area contributed by atoms with Gasteiger partial charge in [0.05, 0.1) is 6.04 Å². The van der Waals surface area contributed by atoms with E-state index in [4.69, 9.17) is 22.9 Å². The summed E-state index contributed by atoms with van der Waals surface area (Å²) in [5.41, 5.74) is 22.8. The zero-order valence-corrected chi connectivity index (χ0v) is 23.8. The number of carboxylic acids is 1. The molecule has 0 spiro atoms. The van der Waals surface area contributed by atoms with Gasteiger partial charge in [0, 0.05) is 13.0 Å². The minimum Gasteiger partial charge on any atom is -0.508 e. The lowest BCUT2D eigenvalue weighted by Crippen LogP contribution is -2.58. The Morgan fingerprint density at radius 3 is 2.10 bits per heavy atom. The van der Waals surface area contributed by atoms with Gasteiger partial charge in [-0.2, -0.15) is 0 Å². The van der Waals surface area contributed by atoms with Gasteiger partial charge in [-0.1, -0.05) is 38.8 Å². The summed E-state index contributed by atoms with van der Waals surface area (Å²) < 4.78 is 0. The van der Waals surface area contributed by atoms with Gasteiger partial charge in [0.1, 0.15) is 23.9 Å². The fraction of sp³-hybridized carbons (Fsp3) is 0.593. The molecule has 0 saturated carbocycles. The van der Waals surface area contributed by atoms with Crippen molar-refractivity contribution >= 4 is 29.7 Å². The highest BCUT2D eigenvalue weighted by Gasteiger charge is 2.32. The van der Waals surface area contributed by atoms with E-state index < -0.39 is 47.9 Å². The predicted molar refractivity (Wildman–Crippen MR) is 155 cm³/mol. The van der Waals surface area contributed by atoms with Crippen LogP contribution in [0.3, 0.4) is 0 Å². The van der Waals surface area contributed by atoms with Gasteiger partial charge >= 0.3 is 5.97 Å². The number of guanidine groups is 1. The van der Waals surface area contributed by atoms with Crippen molar-refractivity contribution in [1.82, 2.24) is 16.0 Å². The van der Waals surface area contributed by atoms with E-state index in [1.165, 1.54) is 12.1 Å². The van der Waals surface area contributed by atoms with Crippen molar-refractivity contribution in [3.63, 3.8) is 0 Å². The molecule has 0 aliphatic rings. The highest BCUT2D eigenvalue weighted by molar-refractivity contribution is 5.94. The van der Waals surface area contributed by atoms with Crippen LogP contribution >= 0.6 is 0 Å². The molecule has 230 valence electrons. The summed E-state index contributed by atoms with van der Waals surface area (Å²) in [5, 5.41) is 27.1. The number of nitrogens with two attached hydrogens (primary N) is 4. The second-order valence-corrected chi connectivity index (χ2v) is 10.0. The zero-order valence-electron chi connectivity index (χ0n) is 23.8. The van der Waals surface area contributed by atoms with Crippen LogP contribution < -0.4 is 38.9 Å². The second-order valence-electron chi connectivity index (χ2n) is 10.0. The van der Waals surface area contributed by atoms with Crippen molar-refractivity contribution in [2.24, 2.45) is 33.8 Å². The maximum atomic E-state index is 13.4. The summed E-state index contributed by atoms with van der Waals surface area (Å²) in [4.78, 5) is 55.2. The third-order valence-corrected chi connectivity index (χ3v) is 6.67. The standard InChI is InChI=1S/C27H46N8O6/c1-3-16(2)22(25(39)34-21(26(40)41)15-17-9-11-18(36)12-10-17)35-24(38)20(8-6-14-32-27(30)31)33-23(37)19(29)7-4-5-13-28/h9-12,16,19-22,36H,3-8,13-15,28-29H2,1-2H3,(H,33,37)(H,34,39)(H,35,38)(H,40,41)(H4,30,31,32). The van der Waals surface area contributed by atoms with Crippen LogP contribution in [0.25, 0.3) is 0 Å². The van der Waals surface area contributed by atoms with Crippen LogP contribution in [0.5, 0.6) is 5.75 Å². The Bertz CT molecular complexity index is 1020. The Labute approximate surface area is 240 Å². The highest BCUT2D eigenvalue weighted by Crippen LogP contribution is 2.14. The summed E-state index contributed by atoms with van der Waals surface area (Å²) in [6.07, 6.45) is 2.73. The van der Waals surface area contributed by atoms with Crippen LogP contribution in [0.2, 0.25) is 0 Å². The van der Waals surface area contributed by atoms with E-state index in [2.05, 4.69) is 20.9 Å². The van der Waals surface area contributed by atoms with Crippen molar-refractivity contribution in [2.45, 2.75) is 83.0 Å². The van der Waals surface area contributed by atoms with E-state index in [9.17, 15) is 29.4 Å². The first-order valence-electron chi connectivity index (χ1n) is 13.8. The number of aliphatic imine (C=N–C) groups is 1. The Morgan fingerprint density at radius 2 is 1.54 bits per heavy atom. The topological polar surface area (TPSA) is 261 Å². The monoisotopic (exact) mass is 578 g/mol. The van der Waals surface area contributed by atoms with E-state index in [0.717, 1.165) is 0 Å². The summed E-state index contributed by atoms with van der Waals surface area (Å²) in [5.74, 6) is -3.52. The number of nitrogens with one attached hydrogen (secondary N) is 3. The third-order valence-electron chi connectivity index (χ3n) is 6.67. The number of carboxylic acid groups (broad SMARTS) is 1. The molecule has 0 fully saturated rings. The molecule has 1 aromatic rings. The number of nitrogens with zero attached hydrogens (tertiary/aromatic N) is 1. The normalized spacial score (nSPS) is 14.5. The second kappa shape index (κ2) is 18.4. The van der Waals surface area contributed by atoms with Crippen LogP contribution in [0.15, 0.2) is 29.3 Å². The molecule has 5 atom stereocenters. The fourth-order valence-corrected chi connectivity index (χ4v) is 3.98. The van der Waals surface area contributed by atoms with Gasteiger partial charge in [-0.15, -0.1) is 0 Å². The maximum absolute atomic E-state index is 13.4. The molecule has 0 bridgehead atoms. The Kier molecular flexibility index (Phi) is 15.8. The molecule has 0 aromatic heterocycles. The molecule has 0 aliphatic carbocycles. The number of aromatic hydroxyl groups is 1. The number of hydrogen-bond acceptors (Lipinski definition) is 8. The quantitative estimate of drug-likeness (QED) is 0.0551. The minimum atomic E-state index is -1.28. The van der Waals surface area contributed by atoms with Gasteiger partial charge < -0.3 is 49.1 Å². The van der Waals surface area contributed by atoms with E-state index in [-0.39, 0.29) is 37.0 Å². The molecule has 0 saturated heterocycles. The third kappa shape index (κ3) is 13.3. The number of hydrogen-bond donors (Lipinski definition) is 9. The van der Waals surface area contributed by atoms with Crippen molar-refractivity contribution in [3.05, 3.63) is 29.8 Å². The van der Waals surface area contributed by atoms with Crippen LogP contribution in [-0.2, 0) is 25.6 Å². The molecular formula is C27H46N8O6. The van der Waals surface area contributed by atoms with E-state index in [1.807, 2.05) is 6.92 Å². The lowest BCUT2D eigenvalue weighted by Gasteiger charge is -2.28. The van der Waals surface area contributed by atoms with Gasteiger partial charge in [0.25, 0.3) is 0 Å². The Morgan fingerprint density at radius 1 is 0.902 bits per heavy atom. The lowest BCUT2D eigenvalue weighted by atomic mass is 9.96. The number of benzene rings is 1. The molecule has 41 heavy (non-hydrogen) atoms. The number of amides is 3. The molecule has 5 unspecified atom stereocenters. The molecule has 0 aliphatic heterocycles. The summed E-state index contributed by atoms with van der Waals surface area (Å²) >= 11 is 0. The molecule has 14 nitrogen and oxygen atoms in total. The van der Waals surface area contributed by atoms with Gasteiger partial charge in [0.15, 0.2) is 5.96 Å². The Hall–Kier alpha value is -3.91. The number of unbranched alkanes of at least 4 members (excludes halogenated alkanes) is 1. The summed E-state index contributed by atoms with van der Waals surface area (Å²) in [6.45, 7) is 4.27. The molecule has 0 heterocycles.